The summed E-state index contributed by atoms with van der Waals surface area (Å²) in [5, 5.41) is -0.309. The van der Waals surface area contributed by atoms with Crippen molar-refractivity contribution in [2.75, 3.05) is 0 Å². The third-order valence-electron chi connectivity index (χ3n) is 2.15. The Bertz CT molecular complexity index is 539. The average Bonchev–Trinajstić information content (AvgIpc) is 2.58. The summed E-state index contributed by atoms with van der Waals surface area (Å²) >= 11 is 19.2. The van der Waals surface area contributed by atoms with Crippen molar-refractivity contribution in [2.24, 2.45) is 0 Å². The van der Waals surface area contributed by atoms with Crippen molar-refractivity contribution < 1.29 is 4.39 Å². The molecule has 2 rings (SSSR count). The van der Waals surface area contributed by atoms with E-state index < -0.39 is 0 Å². The van der Waals surface area contributed by atoms with Crippen LogP contribution in [0.2, 0.25) is 4.34 Å². The molecular formula is C11H5BrCl2FIS. The number of hydrogen-bond acceptors (Lipinski definition) is 1. The van der Waals surface area contributed by atoms with Crippen LogP contribution in [-0.2, 0) is 0 Å². The van der Waals surface area contributed by atoms with Crippen LogP contribution < -0.4 is 0 Å². The Hall–Kier alpha value is 0.640. The Kier molecular flexibility index (Phi) is 4.74. The van der Waals surface area contributed by atoms with Crippen LogP contribution in [0.15, 0.2) is 28.7 Å². The summed E-state index contributed by atoms with van der Waals surface area (Å²) in [5.74, 6) is -0.257. The fourth-order valence-corrected chi connectivity index (χ4v) is 4.44. The van der Waals surface area contributed by atoms with Crippen molar-refractivity contribution in [2.45, 2.75) is 5.38 Å². The van der Waals surface area contributed by atoms with Gasteiger partial charge in [-0.25, -0.2) is 4.39 Å². The molecule has 0 fully saturated rings. The summed E-state index contributed by atoms with van der Waals surface area (Å²) in [6.07, 6.45) is 0. The van der Waals surface area contributed by atoms with Gasteiger partial charge in [0.1, 0.15) is 10.2 Å². The fraction of sp³-hybridized carbons (Fsp3) is 0.0909. The molecule has 0 radical (unpaired) electrons. The largest absolute Gasteiger partial charge is 0.207 e. The molecule has 0 saturated heterocycles. The molecule has 1 atom stereocenters. The molecule has 2 aromatic rings. The zero-order valence-corrected chi connectivity index (χ0v) is 14.3. The van der Waals surface area contributed by atoms with Crippen molar-refractivity contribution in [3.8, 4) is 0 Å². The van der Waals surface area contributed by atoms with Crippen LogP contribution >= 0.6 is 73.1 Å². The van der Waals surface area contributed by atoms with Gasteiger partial charge in [-0.15, -0.1) is 22.9 Å². The van der Waals surface area contributed by atoms with Gasteiger partial charge in [0.15, 0.2) is 0 Å². The van der Waals surface area contributed by atoms with Crippen LogP contribution in [0.3, 0.4) is 0 Å². The van der Waals surface area contributed by atoms with Crippen molar-refractivity contribution in [3.63, 3.8) is 0 Å². The molecule has 1 heterocycles. The predicted octanol–water partition coefficient (Wildman–Crippen LogP) is 6.24. The highest BCUT2D eigenvalue weighted by atomic mass is 127. The molecule has 0 nitrogen and oxygen atoms in total. The van der Waals surface area contributed by atoms with Gasteiger partial charge >= 0.3 is 0 Å². The van der Waals surface area contributed by atoms with E-state index in [1.54, 1.807) is 6.07 Å². The van der Waals surface area contributed by atoms with Crippen LogP contribution in [0.25, 0.3) is 0 Å². The van der Waals surface area contributed by atoms with Gasteiger partial charge in [-0.3, -0.25) is 0 Å². The first-order valence-electron chi connectivity index (χ1n) is 4.53. The van der Waals surface area contributed by atoms with Crippen molar-refractivity contribution in [3.05, 3.63) is 52.9 Å². The highest BCUT2D eigenvalue weighted by Crippen LogP contribution is 2.41. The van der Waals surface area contributed by atoms with Crippen LogP contribution in [0.4, 0.5) is 4.39 Å². The molecule has 0 aliphatic carbocycles. The van der Waals surface area contributed by atoms with E-state index in [-0.39, 0.29) is 11.2 Å². The summed E-state index contributed by atoms with van der Waals surface area (Å²) in [6, 6.07) is 6.48. The Morgan fingerprint density at radius 2 is 2.06 bits per heavy atom. The van der Waals surface area contributed by atoms with Gasteiger partial charge in [0.25, 0.3) is 0 Å². The number of alkyl halides is 1. The Balaban J connectivity index is 2.39. The lowest BCUT2D eigenvalue weighted by Gasteiger charge is -2.09. The van der Waals surface area contributed by atoms with E-state index in [4.69, 9.17) is 23.2 Å². The first-order chi connectivity index (χ1) is 7.99. The lowest BCUT2D eigenvalue weighted by Crippen LogP contribution is -1.94. The van der Waals surface area contributed by atoms with E-state index >= 15 is 0 Å². The maximum Gasteiger partial charge on any atom is 0.124 e. The van der Waals surface area contributed by atoms with Crippen LogP contribution in [0.5, 0.6) is 0 Å². The first-order valence-corrected chi connectivity index (χ1v) is 8.03. The monoisotopic (exact) mass is 464 g/mol. The molecule has 0 aliphatic heterocycles. The summed E-state index contributed by atoms with van der Waals surface area (Å²) in [4.78, 5) is 0.938. The van der Waals surface area contributed by atoms with E-state index in [1.165, 1.54) is 23.5 Å². The molecule has 0 bridgehead atoms. The SMILES string of the molecule is Fc1ccc(C(Cl)c2cc(Br)c(Cl)s2)c(I)c1. The highest BCUT2D eigenvalue weighted by Gasteiger charge is 2.18. The molecule has 0 aliphatic rings. The smallest absolute Gasteiger partial charge is 0.124 e. The van der Waals surface area contributed by atoms with Crippen LogP contribution in [0, 0.1) is 9.39 Å². The molecular weight excluding hydrogens is 461 g/mol. The second kappa shape index (κ2) is 5.74. The number of benzene rings is 1. The molecule has 1 unspecified atom stereocenters. The molecule has 6 heteroatoms. The van der Waals surface area contributed by atoms with Gasteiger partial charge in [0.05, 0.1) is 5.38 Å². The third-order valence-corrected chi connectivity index (χ3v) is 6.22. The van der Waals surface area contributed by atoms with Gasteiger partial charge < -0.3 is 0 Å². The lowest BCUT2D eigenvalue weighted by molar-refractivity contribution is 0.626. The van der Waals surface area contributed by atoms with E-state index in [2.05, 4.69) is 38.5 Å². The lowest BCUT2D eigenvalue weighted by atomic mass is 10.1. The normalized spacial score (nSPS) is 12.8. The molecule has 0 amide bonds. The number of thiophene rings is 1. The van der Waals surface area contributed by atoms with Crippen molar-refractivity contribution >= 4 is 73.1 Å². The fourth-order valence-electron chi connectivity index (χ4n) is 1.35. The predicted molar refractivity (Wildman–Crippen MR) is 83.8 cm³/mol. The van der Waals surface area contributed by atoms with Gasteiger partial charge in [-0.2, -0.15) is 0 Å². The van der Waals surface area contributed by atoms with Gasteiger partial charge in [-0.1, -0.05) is 17.7 Å². The number of rotatable bonds is 2. The standard InChI is InChI=1S/C11H5BrCl2FIS/c12-7-4-9(17-11(7)14)10(13)6-2-1-5(15)3-8(6)16/h1-4,10H. The summed E-state index contributed by atoms with van der Waals surface area (Å²) in [7, 11) is 0. The number of halogens is 5. The molecule has 17 heavy (non-hydrogen) atoms. The zero-order valence-electron chi connectivity index (χ0n) is 8.18. The first kappa shape index (κ1) is 14.1. The summed E-state index contributed by atoms with van der Waals surface area (Å²) in [5.41, 5.74) is 0.888. The quantitative estimate of drug-likeness (QED) is 0.364. The maximum atomic E-state index is 13.0. The average molecular weight is 466 g/mol. The molecule has 1 aromatic carbocycles. The van der Waals surface area contributed by atoms with Crippen molar-refractivity contribution in [1.29, 1.82) is 0 Å². The van der Waals surface area contributed by atoms with E-state index in [0.29, 0.717) is 4.34 Å². The maximum absolute atomic E-state index is 13.0. The van der Waals surface area contributed by atoms with E-state index in [1.807, 2.05) is 6.07 Å². The van der Waals surface area contributed by atoms with Crippen molar-refractivity contribution in [1.82, 2.24) is 0 Å². The second-order valence-corrected chi connectivity index (χ2v) is 7.44. The Morgan fingerprint density at radius 1 is 1.35 bits per heavy atom. The minimum Gasteiger partial charge on any atom is -0.207 e. The zero-order chi connectivity index (χ0) is 12.6. The van der Waals surface area contributed by atoms with E-state index in [0.717, 1.165) is 18.5 Å². The minimum absolute atomic E-state index is 0.257. The molecule has 1 aromatic heterocycles. The Morgan fingerprint density at radius 3 is 2.59 bits per heavy atom. The third kappa shape index (κ3) is 3.15. The van der Waals surface area contributed by atoms with Gasteiger partial charge in [0.2, 0.25) is 0 Å². The second-order valence-electron chi connectivity index (χ2n) is 3.30. The molecule has 0 saturated carbocycles. The Labute approximate surface area is 134 Å². The summed E-state index contributed by atoms with van der Waals surface area (Å²) in [6.45, 7) is 0. The topological polar surface area (TPSA) is 0 Å². The van der Waals surface area contributed by atoms with Gasteiger partial charge in [0, 0.05) is 12.9 Å². The van der Waals surface area contributed by atoms with Gasteiger partial charge in [-0.05, 0) is 62.3 Å². The summed E-state index contributed by atoms with van der Waals surface area (Å²) < 4.78 is 15.3. The van der Waals surface area contributed by atoms with E-state index in [9.17, 15) is 4.39 Å². The molecule has 0 spiro atoms. The van der Waals surface area contributed by atoms with Crippen LogP contribution in [0.1, 0.15) is 15.8 Å². The molecule has 0 N–H and O–H groups in total. The number of hydrogen-bond donors (Lipinski definition) is 0. The minimum atomic E-state index is -0.309. The molecule has 90 valence electrons. The van der Waals surface area contributed by atoms with Crippen LogP contribution in [-0.4, -0.2) is 0 Å². The highest BCUT2D eigenvalue weighted by molar-refractivity contribution is 14.1.